The van der Waals surface area contributed by atoms with Crippen LogP contribution < -0.4 is 10.5 Å². The Labute approximate surface area is 125 Å². The van der Waals surface area contributed by atoms with Crippen LogP contribution in [0.5, 0.6) is 5.75 Å². The van der Waals surface area contributed by atoms with Gasteiger partial charge in [0.15, 0.2) is 0 Å². The second kappa shape index (κ2) is 5.80. The largest absolute Gasteiger partial charge is 0.487 e. The van der Waals surface area contributed by atoms with Crippen molar-refractivity contribution in [2.75, 3.05) is 5.73 Å². The number of anilines is 1. The van der Waals surface area contributed by atoms with Crippen LogP contribution in [0.1, 0.15) is 48.5 Å². The first-order valence-electron chi connectivity index (χ1n) is 7.67. The lowest BCUT2D eigenvalue weighted by Crippen LogP contribution is -2.06. The third kappa shape index (κ3) is 3.04. The van der Waals surface area contributed by atoms with Crippen molar-refractivity contribution in [1.82, 2.24) is 9.78 Å². The number of aryl methyl sites for hydroxylation is 2. The molecule has 1 saturated carbocycles. The molecule has 112 valence electrons. The number of aromatic nitrogens is 2. The van der Waals surface area contributed by atoms with Crippen LogP contribution in [-0.2, 0) is 6.61 Å². The van der Waals surface area contributed by atoms with Crippen molar-refractivity contribution in [2.24, 2.45) is 0 Å². The Morgan fingerprint density at radius 2 is 2.00 bits per heavy atom. The number of ether oxygens (including phenoxy) is 1. The molecule has 0 radical (unpaired) electrons. The summed E-state index contributed by atoms with van der Waals surface area (Å²) >= 11 is 0. The lowest BCUT2D eigenvalue weighted by Gasteiger charge is -2.11. The summed E-state index contributed by atoms with van der Waals surface area (Å²) in [5.74, 6) is 0.841. The van der Waals surface area contributed by atoms with Crippen molar-refractivity contribution in [3.8, 4) is 5.75 Å². The Kier molecular flexibility index (Phi) is 3.86. The quantitative estimate of drug-likeness (QED) is 0.870. The predicted molar refractivity (Wildman–Crippen MR) is 84.4 cm³/mol. The van der Waals surface area contributed by atoms with Crippen LogP contribution in [0.4, 0.5) is 5.69 Å². The lowest BCUT2D eigenvalue weighted by molar-refractivity contribution is 0.296. The summed E-state index contributed by atoms with van der Waals surface area (Å²) in [6.45, 7) is 4.54. The van der Waals surface area contributed by atoms with Gasteiger partial charge in [-0.1, -0.05) is 18.9 Å². The number of rotatable bonds is 4. The molecular formula is C17H23N3O. The smallest absolute Gasteiger partial charge is 0.132 e. The Morgan fingerprint density at radius 1 is 1.24 bits per heavy atom. The van der Waals surface area contributed by atoms with E-state index < -0.39 is 0 Å². The van der Waals surface area contributed by atoms with E-state index in [0.29, 0.717) is 12.6 Å². The summed E-state index contributed by atoms with van der Waals surface area (Å²) in [5, 5.41) is 4.64. The standard InChI is InChI=1S/C17H23N3O/c1-12-9-13(2)17(10-16(12)18)21-11-14-7-8-20(19-14)15-5-3-4-6-15/h7-10,15H,3-6,11,18H2,1-2H3. The van der Waals surface area contributed by atoms with E-state index in [1.54, 1.807) is 0 Å². The third-order valence-corrected chi connectivity index (χ3v) is 4.30. The Bertz CT molecular complexity index is 627. The molecule has 4 heteroatoms. The molecule has 0 atom stereocenters. The van der Waals surface area contributed by atoms with Gasteiger partial charge in [-0.3, -0.25) is 4.68 Å². The predicted octanol–water partition coefficient (Wildman–Crippen LogP) is 3.78. The maximum Gasteiger partial charge on any atom is 0.132 e. The molecule has 0 spiro atoms. The molecule has 0 unspecified atom stereocenters. The van der Waals surface area contributed by atoms with Gasteiger partial charge in [-0.2, -0.15) is 5.10 Å². The average Bonchev–Trinajstić information content (AvgIpc) is 3.11. The fourth-order valence-corrected chi connectivity index (χ4v) is 2.98. The molecule has 1 heterocycles. The summed E-state index contributed by atoms with van der Waals surface area (Å²) in [4.78, 5) is 0. The van der Waals surface area contributed by atoms with Gasteiger partial charge in [0.05, 0.1) is 11.7 Å². The highest BCUT2D eigenvalue weighted by atomic mass is 16.5. The van der Waals surface area contributed by atoms with E-state index in [9.17, 15) is 0 Å². The molecule has 2 aromatic rings. The highest BCUT2D eigenvalue weighted by Gasteiger charge is 2.17. The molecule has 1 aromatic heterocycles. The molecule has 0 amide bonds. The van der Waals surface area contributed by atoms with Gasteiger partial charge in [-0.15, -0.1) is 0 Å². The van der Waals surface area contributed by atoms with Crippen molar-refractivity contribution in [1.29, 1.82) is 0 Å². The molecule has 2 N–H and O–H groups in total. The Balaban J connectivity index is 1.66. The first-order chi connectivity index (χ1) is 10.1. The van der Waals surface area contributed by atoms with E-state index in [4.69, 9.17) is 10.5 Å². The molecule has 21 heavy (non-hydrogen) atoms. The number of nitrogen functional groups attached to an aromatic ring is 1. The van der Waals surface area contributed by atoms with Crippen LogP contribution in [0.2, 0.25) is 0 Å². The number of hydrogen-bond acceptors (Lipinski definition) is 3. The fourth-order valence-electron chi connectivity index (χ4n) is 2.98. The molecule has 0 aliphatic heterocycles. The second-order valence-corrected chi connectivity index (χ2v) is 5.99. The third-order valence-electron chi connectivity index (χ3n) is 4.30. The van der Waals surface area contributed by atoms with E-state index in [-0.39, 0.29) is 0 Å². The highest BCUT2D eigenvalue weighted by Crippen LogP contribution is 2.29. The van der Waals surface area contributed by atoms with Crippen LogP contribution in [-0.4, -0.2) is 9.78 Å². The minimum atomic E-state index is 0.489. The van der Waals surface area contributed by atoms with E-state index in [2.05, 4.69) is 22.0 Å². The fraction of sp³-hybridized carbons (Fsp3) is 0.471. The van der Waals surface area contributed by atoms with E-state index in [1.165, 1.54) is 25.7 Å². The van der Waals surface area contributed by atoms with Crippen molar-refractivity contribution >= 4 is 5.69 Å². The second-order valence-electron chi connectivity index (χ2n) is 5.99. The van der Waals surface area contributed by atoms with Gasteiger partial charge in [-0.05, 0) is 43.9 Å². The zero-order valence-electron chi connectivity index (χ0n) is 12.8. The zero-order chi connectivity index (χ0) is 14.8. The molecule has 1 aliphatic rings. The van der Waals surface area contributed by atoms with Crippen LogP contribution >= 0.6 is 0 Å². The zero-order valence-corrected chi connectivity index (χ0v) is 12.8. The topological polar surface area (TPSA) is 53.1 Å². The molecule has 1 fully saturated rings. The van der Waals surface area contributed by atoms with E-state index >= 15 is 0 Å². The summed E-state index contributed by atoms with van der Waals surface area (Å²) in [6.07, 6.45) is 7.20. The number of benzene rings is 1. The molecule has 1 aliphatic carbocycles. The van der Waals surface area contributed by atoms with Crippen LogP contribution in [0.3, 0.4) is 0 Å². The maximum absolute atomic E-state index is 5.95. The van der Waals surface area contributed by atoms with Crippen LogP contribution in [0, 0.1) is 13.8 Å². The first-order valence-corrected chi connectivity index (χ1v) is 7.67. The first kappa shape index (κ1) is 14.0. The van der Waals surface area contributed by atoms with Gasteiger partial charge in [0.2, 0.25) is 0 Å². The average molecular weight is 285 g/mol. The van der Waals surface area contributed by atoms with Gasteiger partial charge in [0.25, 0.3) is 0 Å². The van der Waals surface area contributed by atoms with Crippen LogP contribution in [0.25, 0.3) is 0 Å². The molecule has 0 bridgehead atoms. The summed E-state index contributed by atoms with van der Waals surface area (Å²) in [5.41, 5.74) is 9.89. The molecular weight excluding hydrogens is 262 g/mol. The van der Waals surface area contributed by atoms with Gasteiger partial charge < -0.3 is 10.5 Å². The maximum atomic E-state index is 5.95. The number of nitrogens with two attached hydrogens (primary N) is 1. The number of hydrogen-bond donors (Lipinski definition) is 1. The molecule has 3 rings (SSSR count). The van der Waals surface area contributed by atoms with Crippen molar-refractivity contribution in [2.45, 2.75) is 52.2 Å². The van der Waals surface area contributed by atoms with E-state index in [1.807, 2.05) is 26.0 Å². The normalized spacial score (nSPS) is 15.5. The molecule has 0 saturated heterocycles. The SMILES string of the molecule is Cc1cc(C)c(OCc2ccn(C3CCCC3)n2)cc1N. The van der Waals surface area contributed by atoms with Crippen molar-refractivity contribution in [3.63, 3.8) is 0 Å². The highest BCUT2D eigenvalue weighted by molar-refractivity contribution is 5.54. The lowest BCUT2D eigenvalue weighted by atomic mass is 10.1. The molecule has 1 aromatic carbocycles. The Morgan fingerprint density at radius 3 is 2.76 bits per heavy atom. The van der Waals surface area contributed by atoms with Crippen LogP contribution in [0.15, 0.2) is 24.4 Å². The monoisotopic (exact) mass is 285 g/mol. The van der Waals surface area contributed by atoms with Crippen molar-refractivity contribution < 1.29 is 4.74 Å². The van der Waals surface area contributed by atoms with Gasteiger partial charge in [0.1, 0.15) is 12.4 Å². The van der Waals surface area contributed by atoms with Gasteiger partial charge in [0, 0.05) is 18.0 Å². The Hall–Kier alpha value is -1.97. The summed E-state index contributed by atoms with van der Waals surface area (Å²) in [6, 6.07) is 6.58. The minimum Gasteiger partial charge on any atom is -0.487 e. The minimum absolute atomic E-state index is 0.489. The summed E-state index contributed by atoms with van der Waals surface area (Å²) in [7, 11) is 0. The van der Waals surface area contributed by atoms with Crippen molar-refractivity contribution in [3.05, 3.63) is 41.2 Å². The number of nitrogens with zero attached hydrogens (tertiary/aromatic N) is 2. The van der Waals surface area contributed by atoms with Gasteiger partial charge >= 0.3 is 0 Å². The van der Waals surface area contributed by atoms with Gasteiger partial charge in [-0.25, -0.2) is 0 Å². The summed E-state index contributed by atoms with van der Waals surface area (Å²) < 4.78 is 7.98. The van der Waals surface area contributed by atoms with E-state index in [0.717, 1.165) is 28.3 Å². The molecule has 4 nitrogen and oxygen atoms in total.